The second-order valence-electron chi connectivity index (χ2n) is 4.36. The topological polar surface area (TPSA) is 101 Å². The molecule has 21 heavy (non-hydrogen) atoms. The van der Waals surface area contributed by atoms with E-state index in [0.29, 0.717) is 0 Å². The Morgan fingerprint density at radius 1 is 1.43 bits per heavy atom. The Bertz CT molecular complexity index is 814. The zero-order valence-corrected chi connectivity index (χ0v) is 12.7. The van der Waals surface area contributed by atoms with E-state index in [2.05, 4.69) is 9.82 Å². The van der Waals surface area contributed by atoms with Gasteiger partial charge in [0.15, 0.2) is 5.82 Å². The van der Waals surface area contributed by atoms with Crippen molar-refractivity contribution in [3.05, 3.63) is 40.5 Å². The van der Waals surface area contributed by atoms with Crippen LogP contribution < -0.4 is 4.72 Å². The van der Waals surface area contributed by atoms with Gasteiger partial charge in [-0.25, -0.2) is 13.2 Å². The molecule has 0 radical (unpaired) electrons. The number of nitrogens with zero attached hydrogens (tertiary/aromatic N) is 2. The number of sulfonamides is 1. The van der Waals surface area contributed by atoms with Gasteiger partial charge < -0.3 is 5.11 Å². The average Bonchev–Trinajstić information content (AvgIpc) is 2.76. The molecular formula is C12H12ClN3O4S. The first kappa shape index (κ1) is 15.3. The summed E-state index contributed by atoms with van der Waals surface area (Å²) >= 11 is 5.80. The third-order valence-electron chi connectivity index (χ3n) is 2.80. The van der Waals surface area contributed by atoms with Crippen LogP contribution in [-0.4, -0.2) is 29.3 Å². The van der Waals surface area contributed by atoms with E-state index in [-0.39, 0.29) is 26.9 Å². The summed E-state index contributed by atoms with van der Waals surface area (Å²) in [5.74, 6) is -1.11. The van der Waals surface area contributed by atoms with Crippen molar-refractivity contribution >= 4 is 33.4 Å². The molecule has 0 saturated heterocycles. The molecule has 0 atom stereocenters. The third-order valence-corrected chi connectivity index (χ3v) is 4.50. The maximum absolute atomic E-state index is 12.3. The number of nitrogens with one attached hydrogen (secondary N) is 1. The van der Waals surface area contributed by atoms with Crippen LogP contribution >= 0.6 is 11.6 Å². The molecule has 0 fully saturated rings. The molecule has 9 heteroatoms. The fourth-order valence-corrected chi connectivity index (χ4v) is 3.39. The number of carboxylic acid groups (broad SMARTS) is 1. The van der Waals surface area contributed by atoms with Gasteiger partial charge in [-0.15, -0.1) is 0 Å². The Hall–Kier alpha value is -2.06. The van der Waals surface area contributed by atoms with Crippen LogP contribution in [0.2, 0.25) is 5.02 Å². The number of benzene rings is 1. The van der Waals surface area contributed by atoms with Crippen LogP contribution in [0, 0.1) is 6.92 Å². The van der Waals surface area contributed by atoms with E-state index in [4.69, 9.17) is 16.7 Å². The minimum atomic E-state index is -3.98. The largest absolute Gasteiger partial charge is 0.478 e. The lowest BCUT2D eigenvalue weighted by Gasteiger charge is -2.11. The van der Waals surface area contributed by atoms with Gasteiger partial charge in [0.2, 0.25) is 0 Å². The number of hydrogen-bond donors (Lipinski definition) is 2. The summed E-state index contributed by atoms with van der Waals surface area (Å²) < 4.78 is 28.4. The SMILES string of the molecule is Cc1c(C(=O)O)cc(Cl)cc1S(=O)(=O)Nc1ccn(C)n1. The van der Waals surface area contributed by atoms with Crippen LogP contribution in [-0.2, 0) is 17.1 Å². The first-order chi connectivity index (χ1) is 9.70. The summed E-state index contributed by atoms with van der Waals surface area (Å²) in [6.45, 7) is 1.41. The van der Waals surface area contributed by atoms with Crippen molar-refractivity contribution < 1.29 is 18.3 Å². The summed E-state index contributed by atoms with van der Waals surface area (Å²) in [4.78, 5) is 10.9. The van der Waals surface area contributed by atoms with E-state index in [1.54, 1.807) is 13.2 Å². The molecule has 0 saturated carbocycles. The second kappa shape index (κ2) is 5.38. The van der Waals surface area contributed by atoms with Gasteiger partial charge in [-0.2, -0.15) is 5.10 Å². The minimum absolute atomic E-state index is 0.0272. The smallest absolute Gasteiger partial charge is 0.336 e. The highest BCUT2D eigenvalue weighted by Gasteiger charge is 2.23. The molecule has 0 spiro atoms. The standard InChI is InChI=1S/C12H12ClN3O4S/c1-7-9(12(17)18)5-8(13)6-10(7)21(19,20)15-11-3-4-16(2)14-11/h3-6H,1-2H3,(H,14,15)(H,17,18). The monoisotopic (exact) mass is 329 g/mol. The fourth-order valence-electron chi connectivity index (χ4n) is 1.82. The Morgan fingerprint density at radius 2 is 2.10 bits per heavy atom. The van der Waals surface area contributed by atoms with Gasteiger partial charge in [-0.05, 0) is 24.6 Å². The van der Waals surface area contributed by atoms with Crippen LogP contribution in [0.25, 0.3) is 0 Å². The van der Waals surface area contributed by atoms with E-state index in [0.717, 1.165) is 0 Å². The predicted octanol–water partition coefficient (Wildman–Crippen LogP) is 1.88. The number of rotatable bonds is 4. The lowest BCUT2D eigenvalue weighted by Crippen LogP contribution is -2.16. The summed E-state index contributed by atoms with van der Waals surface area (Å²) in [6.07, 6.45) is 1.57. The molecule has 0 aliphatic heterocycles. The summed E-state index contributed by atoms with van der Waals surface area (Å²) in [5.41, 5.74) is -0.0563. The third kappa shape index (κ3) is 3.17. The Kier molecular flexibility index (Phi) is 3.93. The van der Waals surface area contributed by atoms with Crippen molar-refractivity contribution in [2.45, 2.75) is 11.8 Å². The van der Waals surface area contributed by atoms with Crippen molar-refractivity contribution in [2.24, 2.45) is 7.05 Å². The number of carbonyl (C=O) groups is 1. The molecule has 1 heterocycles. The van der Waals surface area contributed by atoms with Gasteiger partial charge in [-0.1, -0.05) is 11.6 Å². The summed E-state index contributed by atoms with van der Waals surface area (Å²) in [5, 5.41) is 13.0. The number of anilines is 1. The Balaban J connectivity index is 2.52. The van der Waals surface area contributed by atoms with Crippen LogP contribution in [0.5, 0.6) is 0 Å². The first-order valence-corrected chi connectivity index (χ1v) is 7.63. The predicted molar refractivity (Wildman–Crippen MR) is 77.2 cm³/mol. The van der Waals surface area contributed by atoms with Crippen LogP contribution in [0.3, 0.4) is 0 Å². The van der Waals surface area contributed by atoms with Crippen molar-refractivity contribution in [2.75, 3.05) is 4.72 Å². The maximum Gasteiger partial charge on any atom is 0.336 e. The lowest BCUT2D eigenvalue weighted by molar-refractivity contribution is 0.0696. The highest BCUT2D eigenvalue weighted by atomic mass is 35.5. The lowest BCUT2D eigenvalue weighted by atomic mass is 10.1. The number of aromatic carboxylic acids is 1. The number of aromatic nitrogens is 2. The molecule has 0 bridgehead atoms. The number of carboxylic acids is 1. The molecule has 0 unspecified atom stereocenters. The van der Waals surface area contributed by atoms with Gasteiger partial charge in [-0.3, -0.25) is 9.40 Å². The molecule has 2 rings (SSSR count). The fraction of sp³-hybridized carbons (Fsp3) is 0.167. The van der Waals surface area contributed by atoms with Crippen molar-refractivity contribution in [1.82, 2.24) is 9.78 Å². The molecule has 0 aliphatic rings. The average molecular weight is 330 g/mol. The molecule has 2 aromatic rings. The summed E-state index contributed by atoms with van der Waals surface area (Å²) in [6, 6.07) is 3.89. The highest BCUT2D eigenvalue weighted by Crippen LogP contribution is 2.26. The minimum Gasteiger partial charge on any atom is -0.478 e. The summed E-state index contributed by atoms with van der Waals surface area (Å²) in [7, 11) is -2.34. The van der Waals surface area contributed by atoms with Crippen LogP contribution in [0.4, 0.5) is 5.82 Å². The van der Waals surface area contributed by atoms with Crippen LogP contribution in [0.1, 0.15) is 15.9 Å². The molecule has 0 amide bonds. The van der Waals surface area contributed by atoms with Gasteiger partial charge in [0.1, 0.15) is 0 Å². The normalized spacial score (nSPS) is 11.4. The van der Waals surface area contributed by atoms with E-state index in [1.165, 1.54) is 29.8 Å². The van der Waals surface area contributed by atoms with Gasteiger partial charge in [0.05, 0.1) is 10.5 Å². The maximum atomic E-state index is 12.3. The van der Waals surface area contributed by atoms with Gasteiger partial charge >= 0.3 is 5.97 Å². The van der Waals surface area contributed by atoms with Crippen LogP contribution in [0.15, 0.2) is 29.3 Å². The molecular weight excluding hydrogens is 318 g/mol. The van der Waals surface area contributed by atoms with Gasteiger partial charge in [0, 0.05) is 24.3 Å². The Morgan fingerprint density at radius 3 is 2.62 bits per heavy atom. The molecule has 7 nitrogen and oxygen atoms in total. The number of aryl methyl sites for hydroxylation is 1. The second-order valence-corrected chi connectivity index (χ2v) is 6.45. The molecule has 2 N–H and O–H groups in total. The first-order valence-electron chi connectivity index (χ1n) is 5.76. The molecule has 0 aliphatic carbocycles. The Labute approximate surface area is 126 Å². The van der Waals surface area contributed by atoms with E-state index in [9.17, 15) is 13.2 Å². The molecule has 1 aromatic carbocycles. The van der Waals surface area contributed by atoms with E-state index < -0.39 is 16.0 Å². The van der Waals surface area contributed by atoms with Gasteiger partial charge in [0.25, 0.3) is 10.0 Å². The molecule has 1 aromatic heterocycles. The molecule has 112 valence electrons. The number of hydrogen-bond acceptors (Lipinski definition) is 4. The van der Waals surface area contributed by atoms with E-state index in [1.807, 2.05) is 0 Å². The van der Waals surface area contributed by atoms with E-state index >= 15 is 0 Å². The van der Waals surface area contributed by atoms with Crippen molar-refractivity contribution in [1.29, 1.82) is 0 Å². The number of halogens is 1. The zero-order chi connectivity index (χ0) is 15.8. The highest BCUT2D eigenvalue weighted by molar-refractivity contribution is 7.92. The quantitative estimate of drug-likeness (QED) is 0.891. The van der Waals surface area contributed by atoms with Crippen molar-refractivity contribution in [3.63, 3.8) is 0 Å². The van der Waals surface area contributed by atoms with Crippen molar-refractivity contribution in [3.8, 4) is 0 Å². The zero-order valence-electron chi connectivity index (χ0n) is 11.2.